The Morgan fingerprint density at radius 1 is 1.40 bits per heavy atom. The lowest BCUT2D eigenvalue weighted by atomic mass is 10.3. The minimum Gasteiger partial charge on any atom is -0.478 e. The Balaban J connectivity index is 2.47. The molecule has 2 rings (SSSR count). The van der Waals surface area contributed by atoms with E-state index in [9.17, 15) is 14.9 Å². The number of nitro groups is 1. The Kier molecular flexibility index (Phi) is 4.35. The first kappa shape index (κ1) is 14.5. The van der Waals surface area contributed by atoms with E-state index in [0.29, 0.717) is 9.37 Å². The fourth-order valence-corrected chi connectivity index (χ4v) is 2.99. The molecule has 1 aromatic heterocycles. The number of aromatic carboxylic acids is 1. The maximum atomic E-state index is 11.1. The second kappa shape index (κ2) is 6.02. The Labute approximate surface area is 126 Å². The Morgan fingerprint density at radius 3 is 2.80 bits per heavy atom. The second-order valence-corrected chi connectivity index (χ2v) is 5.58. The van der Waals surface area contributed by atoms with Gasteiger partial charge >= 0.3 is 5.97 Å². The van der Waals surface area contributed by atoms with Gasteiger partial charge in [-0.2, -0.15) is 0 Å². The number of benzene rings is 1. The van der Waals surface area contributed by atoms with Gasteiger partial charge in [0.15, 0.2) is 0 Å². The Bertz CT molecular complexity index is 693. The van der Waals surface area contributed by atoms with Gasteiger partial charge in [0.1, 0.15) is 5.03 Å². The molecule has 0 aliphatic carbocycles. The van der Waals surface area contributed by atoms with Gasteiger partial charge in [-0.3, -0.25) is 10.1 Å². The van der Waals surface area contributed by atoms with E-state index in [4.69, 9.17) is 5.11 Å². The molecule has 8 heteroatoms. The Hall–Kier alpha value is -1.93. The third-order valence-corrected chi connectivity index (χ3v) is 3.89. The van der Waals surface area contributed by atoms with Gasteiger partial charge in [-0.05, 0) is 24.3 Å². The van der Waals surface area contributed by atoms with Gasteiger partial charge in [0.25, 0.3) is 5.69 Å². The average Bonchev–Trinajstić information content (AvgIpc) is 2.38. The van der Waals surface area contributed by atoms with Crippen LogP contribution in [0.3, 0.4) is 0 Å². The molecule has 102 valence electrons. The summed E-state index contributed by atoms with van der Waals surface area (Å²) in [5.74, 6) is -1.13. The summed E-state index contributed by atoms with van der Waals surface area (Å²) >= 11 is 4.18. The molecule has 0 unspecified atom stereocenters. The molecule has 0 bridgehead atoms. The van der Waals surface area contributed by atoms with Crippen LogP contribution in [0.2, 0.25) is 0 Å². The number of rotatable bonds is 4. The van der Waals surface area contributed by atoms with Gasteiger partial charge in [-0.1, -0.05) is 27.7 Å². The summed E-state index contributed by atoms with van der Waals surface area (Å²) in [5, 5.41) is 20.3. The van der Waals surface area contributed by atoms with E-state index >= 15 is 0 Å². The number of hydrogen-bond donors (Lipinski definition) is 1. The maximum absolute atomic E-state index is 11.1. The van der Waals surface area contributed by atoms with Crippen LogP contribution >= 0.6 is 27.7 Å². The highest BCUT2D eigenvalue weighted by Gasteiger charge is 2.19. The minimum atomic E-state index is -1.13. The largest absolute Gasteiger partial charge is 0.478 e. The van der Waals surface area contributed by atoms with E-state index in [-0.39, 0.29) is 16.3 Å². The number of halogens is 1. The van der Waals surface area contributed by atoms with Crippen molar-refractivity contribution in [1.29, 1.82) is 0 Å². The molecule has 0 saturated carbocycles. The van der Waals surface area contributed by atoms with Gasteiger partial charge < -0.3 is 5.11 Å². The number of carboxylic acid groups (broad SMARTS) is 1. The van der Waals surface area contributed by atoms with Gasteiger partial charge in [0.2, 0.25) is 0 Å². The van der Waals surface area contributed by atoms with Crippen molar-refractivity contribution in [3.63, 3.8) is 0 Å². The number of hydrogen-bond acceptors (Lipinski definition) is 5. The Morgan fingerprint density at radius 2 is 2.15 bits per heavy atom. The highest BCUT2D eigenvalue weighted by molar-refractivity contribution is 9.10. The summed E-state index contributed by atoms with van der Waals surface area (Å²) in [7, 11) is 0. The van der Waals surface area contributed by atoms with Gasteiger partial charge in [-0.25, -0.2) is 9.78 Å². The molecule has 0 saturated heterocycles. The van der Waals surface area contributed by atoms with Crippen molar-refractivity contribution in [2.45, 2.75) is 9.92 Å². The topological polar surface area (TPSA) is 93.3 Å². The maximum Gasteiger partial charge on any atom is 0.338 e. The lowest BCUT2D eigenvalue weighted by Gasteiger charge is -2.05. The SMILES string of the molecule is O=C(O)c1cccnc1Sc1cc(Br)ccc1[N+](=O)[O-]. The zero-order valence-electron chi connectivity index (χ0n) is 9.82. The monoisotopic (exact) mass is 354 g/mol. The zero-order valence-corrected chi connectivity index (χ0v) is 12.2. The summed E-state index contributed by atoms with van der Waals surface area (Å²) in [5.41, 5.74) is -0.0908. The summed E-state index contributed by atoms with van der Waals surface area (Å²) in [6.07, 6.45) is 1.44. The number of aromatic nitrogens is 1. The first-order valence-corrected chi connectivity index (χ1v) is 6.90. The van der Waals surface area contributed by atoms with Crippen LogP contribution < -0.4 is 0 Å². The third-order valence-electron chi connectivity index (χ3n) is 2.33. The minimum absolute atomic E-state index is 0.00627. The summed E-state index contributed by atoms with van der Waals surface area (Å²) < 4.78 is 0.665. The van der Waals surface area contributed by atoms with E-state index in [2.05, 4.69) is 20.9 Å². The predicted octanol–water partition coefficient (Wildman–Crippen LogP) is 3.60. The van der Waals surface area contributed by atoms with Gasteiger partial charge in [0.05, 0.1) is 15.4 Å². The lowest BCUT2D eigenvalue weighted by molar-refractivity contribution is -0.387. The van der Waals surface area contributed by atoms with Crippen LogP contribution in [0.25, 0.3) is 0 Å². The van der Waals surface area contributed by atoms with E-state index in [1.807, 2.05) is 0 Å². The van der Waals surface area contributed by atoms with Crippen molar-refractivity contribution < 1.29 is 14.8 Å². The highest BCUT2D eigenvalue weighted by atomic mass is 79.9. The molecule has 0 aliphatic rings. The van der Waals surface area contributed by atoms with Gasteiger partial charge in [-0.15, -0.1) is 0 Å². The smallest absolute Gasteiger partial charge is 0.338 e. The molecular formula is C12H7BrN2O4S. The number of nitrogens with zero attached hydrogens (tertiary/aromatic N) is 2. The number of nitro benzene ring substituents is 1. The molecule has 1 heterocycles. The van der Waals surface area contributed by atoms with E-state index < -0.39 is 10.9 Å². The molecule has 1 N–H and O–H groups in total. The average molecular weight is 355 g/mol. The molecule has 0 fully saturated rings. The van der Waals surface area contributed by atoms with Crippen LogP contribution in [0.4, 0.5) is 5.69 Å². The lowest BCUT2D eigenvalue weighted by Crippen LogP contribution is -2.00. The highest BCUT2D eigenvalue weighted by Crippen LogP contribution is 2.36. The molecule has 2 aromatic rings. The summed E-state index contributed by atoms with van der Waals surface area (Å²) in [6.45, 7) is 0. The molecule has 6 nitrogen and oxygen atoms in total. The third kappa shape index (κ3) is 3.14. The van der Waals surface area contributed by atoms with Crippen LogP contribution in [0.1, 0.15) is 10.4 Å². The molecule has 0 atom stereocenters. The number of carbonyl (C=O) groups is 1. The zero-order chi connectivity index (χ0) is 14.7. The molecule has 0 amide bonds. The molecule has 0 spiro atoms. The van der Waals surface area contributed by atoms with Crippen LogP contribution in [0.5, 0.6) is 0 Å². The molecule has 0 aliphatic heterocycles. The van der Waals surface area contributed by atoms with Crippen molar-refractivity contribution in [2.75, 3.05) is 0 Å². The van der Waals surface area contributed by atoms with Crippen LogP contribution in [0.15, 0.2) is 50.9 Å². The number of carboxylic acids is 1. The number of pyridine rings is 1. The van der Waals surface area contributed by atoms with Crippen LogP contribution in [-0.2, 0) is 0 Å². The quantitative estimate of drug-likeness (QED) is 0.665. The van der Waals surface area contributed by atoms with Crippen molar-refractivity contribution in [3.8, 4) is 0 Å². The molecular weight excluding hydrogens is 348 g/mol. The predicted molar refractivity (Wildman–Crippen MR) is 76.1 cm³/mol. The van der Waals surface area contributed by atoms with Crippen LogP contribution in [-0.4, -0.2) is 21.0 Å². The van der Waals surface area contributed by atoms with Crippen molar-refractivity contribution in [3.05, 3.63) is 56.7 Å². The molecule has 1 aromatic carbocycles. The summed E-state index contributed by atoms with van der Waals surface area (Å²) in [6, 6.07) is 7.38. The first-order chi connectivity index (χ1) is 9.49. The molecule has 0 radical (unpaired) electrons. The first-order valence-electron chi connectivity index (χ1n) is 5.29. The summed E-state index contributed by atoms with van der Waals surface area (Å²) in [4.78, 5) is 25.9. The molecule has 20 heavy (non-hydrogen) atoms. The van der Waals surface area contributed by atoms with E-state index in [0.717, 1.165) is 11.8 Å². The normalized spacial score (nSPS) is 10.2. The standard InChI is InChI=1S/C12H7BrN2O4S/c13-7-3-4-9(15(18)19)10(6-7)20-11-8(12(16)17)2-1-5-14-11/h1-6H,(H,16,17). The van der Waals surface area contributed by atoms with E-state index in [1.54, 1.807) is 12.1 Å². The van der Waals surface area contributed by atoms with Crippen LogP contribution in [0, 0.1) is 10.1 Å². The van der Waals surface area contributed by atoms with Gasteiger partial charge in [0, 0.05) is 16.7 Å². The van der Waals surface area contributed by atoms with Crippen molar-refractivity contribution in [1.82, 2.24) is 4.98 Å². The fraction of sp³-hybridized carbons (Fsp3) is 0. The second-order valence-electron chi connectivity index (χ2n) is 3.63. The van der Waals surface area contributed by atoms with E-state index in [1.165, 1.54) is 24.4 Å². The fourth-order valence-electron chi connectivity index (χ4n) is 1.46. The van der Waals surface area contributed by atoms with Crippen molar-refractivity contribution in [2.24, 2.45) is 0 Å². The van der Waals surface area contributed by atoms with Crippen molar-refractivity contribution >= 4 is 39.3 Å².